The predicted octanol–water partition coefficient (Wildman–Crippen LogP) is 6.62. The van der Waals surface area contributed by atoms with Gasteiger partial charge in [0.25, 0.3) is 5.91 Å². The second kappa shape index (κ2) is 11.6. The van der Waals surface area contributed by atoms with E-state index in [1.807, 2.05) is 0 Å². The molecule has 2 aliphatic rings. The first kappa shape index (κ1) is 30.7. The van der Waals surface area contributed by atoms with Gasteiger partial charge in [-0.2, -0.15) is 26.3 Å². The number of carbonyl (C=O) groups excluding carboxylic acids is 2. The van der Waals surface area contributed by atoms with Crippen LogP contribution in [0.2, 0.25) is 15.1 Å². The van der Waals surface area contributed by atoms with E-state index in [0.29, 0.717) is 35.3 Å². The van der Waals surface area contributed by atoms with E-state index in [0.717, 1.165) is 29.9 Å². The number of carbonyl (C=O) groups is 2. The van der Waals surface area contributed by atoms with Gasteiger partial charge < -0.3 is 15.5 Å². The number of benzene rings is 1. The maximum absolute atomic E-state index is 14.7. The van der Waals surface area contributed by atoms with Gasteiger partial charge in [-0.3, -0.25) is 9.59 Å². The SMILES string of the molecule is O=C(CNC(=O)c1sc(C2=NOCC(c3cc(Cl)c(Cl)c(Cl)c3)(C(F)(F)F)C2)c2c1CCCC2)NCC(F)(F)F. The van der Waals surface area contributed by atoms with Crippen molar-refractivity contribution in [3.05, 3.63) is 53.6 Å². The van der Waals surface area contributed by atoms with Gasteiger partial charge in [-0.25, -0.2) is 0 Å². The average molecular weight is 651 g/mol. The normalized spacial score (nSPS) is 19.4. The Morgan fingerprint density at radius 1 is 1.00 bits per heavy atom. The van der Waals surface area contributed by atoms with E-state index in [4.69, 9.17) is 39.6 Å². The molecular formula is C24H20Cl3F6N3O3S. The smallest absolute Gasteiger partial charge is 0.394 e. The molecule has 4 rings (SSSR count). The van der Waals surface area contributed by atoms with Crippen molar-refractivity contribution in [3.8, 4) is 0 Å². The van der Waals surface area contributed by atoms with Crippen LogP contribution in [-0.2, 0) is 27.9 Å². The molecule has 2 N–H and O–H groups in total. The number of amides is 2. The monoisotopic (exact) mass is 649 g/mol. The highest BCUT2D eigenvalue weighted by Gasteiger charge is 2.59. The second-order valence-electron chi connectivity index (χ2n) is 9.32. The van der Waals surface area contributed by atoms with Crippen LogP contribution in [0.1, 0.15) is 50.5 Å². The van der Waals surface area contributed by atoms with Crippen LogP contribution in [-0.4, -0.2) is 49.6 Å². The summed E-state index contributed by atoms with van der Waals surface area (Å²) in [5, 5.41) is 7.45. The molecule has 0 spiro atoms. The summed E-state index contributed by atoms with van der Waals surface area (Å²) in [4.78, 5) is 30.3. The Morgan fingerprint density at radius 2 is 1.62 bits per heavy atom. The van der Waals surface area contributed by atoms with Crippen molar-refractivity contribution in [1.29, 1.82) is 0 Å². The van der Waals surface area contributed by atoms with Gasteiger partial charge in [-0.1, -0.05) is 40.0 Å². The molecule has 1 aliphatic heterocycles. The topological polar surface area (TPSA) is 79.8 Å². The first-order valence-electron chi connectivity index (χ1n) is 11.8. The summed E-state index contributed by atoms with van der Waals surface area (Å²) in [5.74, 6) is -1.77. The number of oxime groups is 1. The van der Waals surface area contributed by atoms with Crippen molar-refractivity contribution in [3.63, 3.8) is 0 Å². The first-order chi connectivity index (χ1) is 18.6. The number of halogens is 9. The van der Waals surface area contributed by atoms with E-state index in [9.17, 15) is 35.9 Å². The molecule has 2 aromatic rings. The van der Waals surface area contributed by atoms with E-state index < -0.39 is 55.7 Å². The standard InChI is InChI=1S/C24H20Cl3F6N3O3S/c25-14-5-11(6-15(26)18(14)27)22(24(31,32)33)7-16(36-39-10-22)19-12-3-1-2-4-13(12)20(40-19)21(38)34-8-17(37)35-9-23(28,29)30/h5-6H,1-4,7-10H2,(H,34,38)(H,35,37). The number of thiophene rings is 1. The lowest BCUT2D eigenvalue weighted by molar-refractivity contribution is -0.207. The first-order valence-corrected chi connectivity index (χ1v) is 13.7. The number of hydrogen-bond donors (Lipinski definition) is 2. The summed E-state index contributed by atoms with van der Waals surface area (Å²) < 4.78 is 81.1. The minimum Gasteiger partial charge on any atom is -0.394 e. The Bertz CT molecular complexity index is 1340. The van der Waals surface area contributed by atoms with Crippen LogP contribution in [0.4, 0.5) is 26.3 Å². The van der Waals surface area contributed by atoms with Crippen molar-refractivity contribution in [1.82, 2.24) is 10.6 Å². The zero-order valence-corrected chi connectivity index (χ0v) is 23.4. The quantitative estimate of drug-likeness (QED) is 0.273. The molecule has 1 aliphatic carbocycles. The number of hydrogen-bond acceptors (Lipinski definition) is 5. The Labute approximate surface area is 243 Å². The van der Waals surface area contributed by atoms with Crippen LogP contribution in [0.25, 0.3) is 0 Å². The predicted molar refractivity (Wildman–Crippen MR) is 139 cm³/mol. The average Bonchev–Trinajstić information content (AvgIpc) is 3.28. The molecule has 0 saturated carbocycles. The summed E-state index contributed by atoms with van der Waals surface area (Å²) in [6, 6.07) is 2.17. The molecule has 0 bridgehead atoms. The summed E-state index contributed by atoms with van der Waals surface area (Å²) in [6.45, 7) is -3.11. The Hall–Kier alpha value is -2.22. The largest absolute Gasteiger partial charge is 0.405 e. The third-order valence-electron chi connectivity index (χ3n) is 6.62. The van der Waals surface area contributed by atoms with Crippen molar-refractivity contribution in [2.75, 3.05) is 19.7 Å². The van der Waals surface area contributed by atoms with Crippen molar-refractivity contribution >= 4 is 63.7 Å². The molecule has 0 fully saturated rings. The molecule has 1 aromatic heterocycles. The van der Waals surface area contributed by atoms with Gasteiger partial charge in [0.15, 0.2) is 0 Å². The molecule has 218 valence electrons. The van der Waals surface area contributed by atoms with Gasteiger partial charge in [0, 0.05) is 6.42 Å². The minimum absolute atomic E-state index is 0.0316. The number of rotatable bonds is 6. The van der Waals surface area contributed by atoms with E-state index >= 15 is 0 Å². The van der Waals surface area contributed by atoms with Gasteiger partial charge in [0.05, 0.1) is 37.1 Å². The lowest BCUT2D eigenvalue weighted by Gasteiger charge is -2.38. The molecule has 40 heavy (non-hydrogen) atoms. The summed E-state index contributed by atoms with van der Waals surface area (Å²) in [6.07, 6.45) is -7.72. The molecule has 1 aromatic carbocycles. The second-order valence-corrected chi connectivity index (χ2v) is 11.5. The van der Waals surface area contributed by atoms with Gasteiger partial charge in [0.2, 0.25) is 5.91 Å². The van der Waals surface area contributed by atoms with Gasteiger partial charge in [0.1, 0.15) is 18.6 Å². The highest BCUT2D eigenvalue weighted by Crippen LogP contribution is 2.50. The number of nitrogens with zero attached hydrogens (tertiary/aromatic N) is 1. The molecule has 0 saturated heterocycles. The lowest BCUT2D eigenvalue weighted by atomic mass is 9.75. The summed E-state index contributed by atoms with van der Waals surface area (Å²) >= 11 is 19.0. The van der Waals surface area contributed by atoms with E-state index in [-0.39, 0.29) is 31.2 Å². The lowest BCUT2D eigenvalue weighted by Crippen LogP contribution is -2.49. The molecule has 2 amide bonds. The molecule has 2 heterocycles. The van der Waals surface area contributed by atoms with Crippen LogP contribution in [0.3, 0.4) is 0 Å². The van der Waals surface area contributed by atoms with Crippen molar-refractivity contribution in [2.24, 2.45) is 5.16 Å². The van der Waals surface area contributed by atoms with E-state index in [2.05, 4.69) is 10.5 Å². The zero-order valence-electron chi connectivity index (χ0n) is 20.3. The Kier molecular flexibility index (Phi) is 8.89. The van der Waals surface area contributed by atoms with Crippen molar-refractivity contribution in [2.45, 2.75) is 49.9 Å². The summed E-state index contributed by atoms with van der Waals surface area (Å²) in [5.41, 5.74) is -1.62. The van der Waals surface area contributed by atoms with Crippen LogP contribution in [0, 0.1) is 0 Å². The van der Waals surface area contributed by atoms with E-state index in [1.165, 1.54) is 0 Å². The summed E-state index contributed by atoms with van der Waals surface area (Å²) in [7, 11) is 0. The van der Waals surface area contributed by atoms with Crippen LogP contribution < -0.4 is 10.6 Å². The van der Waals surface area contributed by atoms with Crippen LogP contribution >= 0.6 is 46.1 Å². The number of fused-ring (bicyclic) bond motifs is 1. The fraction of sp³-hybridized carbons (Fsp3) is 0.458. The minimum atomic E-state index is -4.82. The molecule has 0 radical (unpaired) electrons. The highest BCUT2D eigenvalue weighted by atomic mass is 35.5. The van der Waals surface area contributed by atoms with E-state index in [1.54, 1.807) is 5.32 Å². The Balaban J connectivity index is 1.65. The fourth-order valence-corrected chi connectivity index (χ4v) is 6.51. The number of alkyl halides is 6. The maximum atomic E-state index is 14.7. The third kappa shape index (κ3) is 6.32. The third-order valence-corrected chi connectivity index (χ3v) is 9.14. The van der Waals surface area contributed by atoms with Crippen LogP contribution in [0.5, 0.6) is 0 Å². The molecule has 1 atom stereocenters. The highest BCUT2D eigenvalue weighted by molar-refractivity contribution is 7.16. The van der Waals surface area contributed by atoms with Crippen LogP contribution in [0.15, 0.2) is 17.3 Å². The molecular weight excluding hydrogens is 631 g/mol. The number of nitrogens with one attached hydrogen (secondary N) is 2. The maximum Gasteiger partial charge on any atom is 0.405 e. The van der Waals surface area contributed by atoms with Gasteiger partial charge in [-0.05, 0) is 54.5 Å². The molecule has 1 unspecified atom stereocenters. The fourth-order valence-electron chi connectivity index (χ4n) is 4.62. The van der Waals surface area contributed by atoms with Gasteiger partial charge in [-0.15, -0.1) is 11.3 Å². The van der Waals surface area contributed by atoms with Gasteiger partial charge >= 0.3 is 12.4 Å². The molecule has 16 heteroatoms. The van der Waals surface area contributed by atoms with Crippen molar-refractivity contribution < 1.29 is 40.8 Å². The zero-order chi connectivity index (χ0) is 29.5. The Morgan fingerprint density at radius 3 is 2.23 bits per heavy atom. The molecule has 6 nitrogen and oxygen atoms in total.